The summed E-state index contributed by atoms with van der Waals surface area (Å²) in [6.07, 6.45) is 0.947. The van der Waals surface area contributed by atoms with E-state index in [1.165, 1.54) is 16.7 Å². The normalized spacial score (nSPS) is 27.3. The zero-order valence-electron chi connectivity index (χ0n) is 10.3. The van der Waals surface area contributed by atoms with Crippen LogP contribution >= 0.6 is 0 Å². The zero-order valence-corrected chi connectivity index (χ0v) is 10.3. The minimum Gasteiger partial charge on any atom is -0.496 e. The summed E-state index contributed by atoms with van der Waals surface area (Å²) in [7, 11) is 1.70. The summed E-state index contributed by atoms with van der Waals surface area (Å²) in [5.74, 6) is 1.06. The van der Waals surface area contributed by atoms with Gasteiger partial charge in [-0.05, 0) is 37.5 Å². The standard InChI is InChI=1S/C14H17NO/c1-9-5-12(13(16-4)6-10(9)2)14(3)7-11(14)8-15/h5-6,11H,7H2,1-4H3. The summed E-state index contributed by atoms with van der Waals surface area (Å²) in [4.78, 5) is 0. The fraction of sp³-hybridized carbons (Fsp3) is 0.500. The van der Waals surface area contributed by atoms with Crippen molar-refractivity contribution >= 4 is 0 Å². The van der Waals surface area contributed by atoms with Crippen LogP contribution in [-0.4, -0.2) is 7.11 Å². The second-order valence-electron chi connectivity index (χ2n) is 4.94. The van der Waals surface area contributed by atoms with E-state index in [1.54, 1.807) is 7.11 Å². The van der Waals surface area contributed by atoms with Gasteiger partial charge in [0.25, 0.3) is 0 Å². The molecular formula is C14H17NO. The molecule has 2 rings (SSSR count). The molecule has 2 heteroatoms. The van der Waals surface area contributed by atoms with Gasteiger partial charge in [0.15, 0.2) is 0 Å². The van der Waals surface area contributed by atoms with Crippen molar-refractivity contribution in [1.82, 2.24) is 0 Å². The molecule has 0 spiro atoms. The lowest BCUT2D eigenvalue weighted by Gasteiger charge is -2.17. The maximum absolute atomic E-state index is 9.00. The molecule has 2 nitrogen and oxygen atoms in total. The van der Waals surface area contributed by atoms with Gasteiger partial charge in [-0.25, -0.2) is 0 Å². The molecule has 1 aliphatic carbocycles. The molecule has 1 aromatic rings. The fourth-order valence-corrected chi connectivity index (χ4v) is 2.26. The van der Waals surface area contributed by atoms with Crippen molar-refractivity contribution in [3.8, 4) is 11.8 Å². The number of rotatable bonds is 2. The Balaban J connectivity index is 2.50. The first-order valence-corrected chi connectivity index (χ1v) is 5.58. The van der Waals surface area contributed by atoms with Crippen LogP contribution in [0.1, 0.15) is 30.0 Å². The van der Waals surface area contributed by atoms with Crippen LogP contribution in [0.2, 0.25) is 0 Å². The van der Waals surface area contributed by atoms with Gasteiger partial charge in [-0.3, -0.25) is 0 Å². The molecule has 1 saturated carbocycles. The number of methoxy groups -OCH3 is 1. The summed E-state index contributed by atoms with van der Waals surface area (Å²) in [6, 6.07) is 6.60. The molecule has 0 heterocycles. The number of hydrogen-bond donors (Lipinski definition) is 0. The van der Waals surface area contributed by atoms with E-state index in [-0.39, 0.29) is 11.3 Å². The summed E-state index contributed by atoms with van der Waals surface area (Å²) in [6.45, 7) is 6.33. The zero-order chi connectivity index (χ0) is 11.9. The molecule has 16 heavy (non-hydrogen) atoms. The highest BCUT2D eigenvalue weighted by Gasteiger charge is 2.53. The first-order chi connectivity index (χ1) is 7.52. The Morgan fingerprint density at radius 2 is 2.00 bits per heavy atom. The fourth-order valence-electron chi connectivity index (χ4n) is 2.26. The number of nitriles is 1. The molecule has 2 unspecified atom stereocenters. The highest BCUT2D eigenvalue weighted by atomic mass is 16.5. The van der Waals surface area contributed by atoms with Gasteiger partial charge in [0.2, 0.25) is 0 Å². The average Bonchev–Trinajstić information content (AvgIpc) is 2.94. The SMILES string of the molecule is COc1cc(C)c(C)cc1C1(C)CC1C#N. The lowest BCUT2D eigenvalue weighted by atomic mass is 9.91. The van der Waals surface area contributed by atoms with Crippen LogP contribution in [0, 0.1) is 31.1 Å². The maximum atomic E-state index is 9.00. The van der Waals surface area contributed by atoms with Crippen LogP contribution in [0.25, 0.3) is 0 Å². The predicted octanol–water partition coefficient (Wildman–Crippen LogP) is 3.11. The Kier molecular flexibility index (Phi) is 2.42. The molecule has 1 fully saturated rings. The first-order valence-electron chi connectivity index (χ1n) is 5.58. The predicted molar refractivity (Wildman–Crippen MR) is 63.5 cm³/mol. The largest absolute Gasteiger partial charge is 0.496 e. The monoisotopic (exact) mass is 215 g/mol. The third kappa shape index (κ3) is 1.48. The van der Waals surface area contributed by atoms with Gasteiger partial charge < -0.3 is 4.74 Å². The van der Waals surface area contributed by atoms with Gasteiger partial charge in [-0.15, -0.1) is 0 Å². The third-order valence-corrected chi connectivity index (χ3v) is 3.82. The van der Waals surface area contributed by atoms with Crippen LogP contribution in [0.3, 0.4) is 0 Å². The molecular weight excluding hydrogens is 198 g/mol. The molecule has 0 radical (unpaired) electrons. The van der Waals surface area contributed by atoms with Gasteiger partial charge in [-0.1, -0.05) is 13.0 Å². The van der Waals surface area contributed by atoms with E-state index in [0.717, 1.165) is 12.2 Å². The van der Waals surface area contributed by atoms with Gasteiger partial charge in [0.1, 0.15) is 5.75 Å². The molecule has 0 N–H and O–H groups in total. The van der Waals surface area contributed by atoms with Crippen molar-refractivity contribution in [2.45, 2.75) is 32.6 Å². The van der Waals surface area contributed by atoms with Crippen molar-refractivity contribution in [2.75, 3.05) is 7.11 Å². The topological polar surface area (TPSA) is 33.0 Å². The van der Waals surface area contributed by atoms with Crippen LogP contribution in [0.4, 0.5) is 0 Å². The van der Waals surface area contributed by atoms with E-state index in [0.29, 0.717) is 0 Å². The van der Waals surface area contributed by atoms with E-state index in [1.807, 2.05) is 0 Å². The number of aryl methyl sites for hydroxylation is 2. The van der Waals surface area contributed by atoms with Gasteiger partial charge in [0.05, 0.1) is 19.1 Å². The Hall–Kier alpha value is -1.49. The minimum atomic E-state index is -0.00144. The number of nitrogens with zero attached hydrogens (tertiary/aromatic N) is 1. The summed E-state index contributed by atoms with van der Waals surface area (Å²) >= 11 is 0. The first kappa shape index (κ1) is 11.0. The Morgan fingerprint density at radius 1 is 1.38 bits per heavy atom. The van der Waals surface area contributed by atoms with Crippen molar-refractivity contribution in [3.63, 3.8) is 0 Å². The summed E-state index contributed by atoms with van der Waals surface area (Å²) in [5, 5.41) is 9.00. The van der Waals surface area contributed by atoms with Crippen LogP contribution < -0.4 is 4.74 Å². The molecule has 2 atom stereocenters. The molecule has 0 saturated heterocycles. The number of ether oxygens (including phenoxy) is 1. The number of benzene rings is 1. The Bertz CT molecular complexity index is 472. The van der Waals surface area contributed by atoms with E-state index >= 15 is 0 Å². The van der Waals surface area contributed by atoms with Gasteiger partial charge in [-0.2, -0.15) is 5.26 Å². The molecule has 0 aromatic heterocycles. The van der Waals surface area contributed by atoms with Crippen LogP contribution in [0.5, 0.6) is 5.75 Å². The molecule has 0 aliphatic heterocycles. The molecule has 0 bridgehead atoms. The highest BCUT2D eigenvalue weighted by molar-refractivity contribution is 5.50. The van der Waals surface area contributed by atoms with E-state index in [9.17, 15) is 0 Å². The highest BCUT2D eigenvalue weighted by Crippen LogP contribution is 2.56. The van der Waals surface area contributed by atoms with Crippen molar-refractivity contribution in [3.05, 3.63) is 28.8 Å². The van der Waals surface area contributed by atoms with Crippen LogP contribution in [0.15, 0.2) is 12.1 Å². The van der Waals surface area contributed by atoms with Crippen molar-refractivity contribution in [2.24, 2.45) is 5.92 Å². The van der Waals surface area contributed by atoms with E-state index < -0.39 is 0 Å². The third-order valence-electron chi connectivity index (χ3n) is 3.82. The smallest absolute Gasteiger partial charge is 0.122 e. The molecule has 1 aromatic carbocycles. The molecule has 84 valence electrons. The molecule has 1 aliphatic rings. The number of hydrogen-bond acceptors (Lipinski definition) is 2. The second-order valence-corrected chi connectivity index (χ2v) is 4.94. The van der Waals surface area contributed by atoms with Gasteiger partial charge in [0, 0.05) is 11.0 Å². The van der Waals surface area contributed by atoms with Crippen molar-refractivity contribution < 1.29 is 4.74 Å². The molecule has 0 amide bonds. The second kappa shape index (κ2) is 3.52. The van der Waals surface area contributed by atoms with Crippen molar-refractivity contribution in [1.29, 1.82) is 5.26 Å². The minimum absolute atomic E-state index is 0.00144. The van der Waals surface area contributed by atoms with E-state index in [2.05, 4.69) is 39.0 Å². The lowest BCUT2D eigenvalue weighted by molar-refractivity contribution is 0.404. The summed E-state index contributed by atoms with van der Waals surface area (Å²) in [5.41, 5.74) is 3.68. The van der Waals surface area contributed by atoms with E-state index in [4.69, 9.17) is 10.00 Å². The Morgan fingerprint density at radius 3 is 2.50 bits per heavy atom. The van der Waals surface area contributed by atoms with Crippen LogP contribution in [-0.2, 0) is 5.41 Å². The Labute approximate surface area is 96.9 Å². The average molecular weight is 215 g/mol. The quantitative estimate of drug-likeness (QED) is 0.759. The van der Waals surface area contributed by atoms with Gasteiger partial charge >= 0.3 is 0 Å². The maximum Gasteiger partial charge on any atom is 0.122 e. The summed E-state index contributed by atoms with van der Waals surface area (Å²) < 4.78 is 5.43. The lowest BCUT2D eigenvalue weighted by Crippen LogP contribution is -2.07.